The van der Waals surface area contributed by atoms with Gasteiger partial charge in [0, 0.05) is 43.3 Å². The number of rotatable bonds is 12. The lowest BCUT2D eigenvalue weighted by atomic mass is 10.00. The number of aliphatic hydroxyl groups is 1. The van der Waals surface area contributed by atoms with Gasteiger partial charge in [0.05, 0.1) is 36.2 Å². The topological polar surface area (TPSA) is 119 Å². The minimum Gasteiger partial charge on any atom is -0.497 e. The van der Waals surface area contributed by atoms with Crippen LogP contribution in [-0.2, 0) is 19.5 Å². The van der Waals surface area contributed by atoms with Crippen LogP contribution < -0.4 is 19.7 Å². The first-order chi connectivity index (χ1) is 20.3. The van der Waals surface area contributed by atoms with Gasteiger partial charge >= 0.3 is 0 Å². The second-order valence-electron chi connectivity index (χ2n) is 10.6. The molecule has 4 aromatic rings. The van der Waals surface area contributed by atoms with Crippen molar-refractivity contribution in [3.63, 3.8) is 0 Å². The van der Waals surface area contributed by atoms with Crippen molar-refractivity contribution >= 4 is 33.3 Å². The summed E-state index contributed by atoms with van der Waals surface area (Å²) in [5.74, 6) is 0.753. The van der Waals surface area contributed by atoms with Crippen molar-refractivity contribution in [2.45, 2.75) is 45.0 Å². The molecule has 3 aromatic carbocycles. The monoisotopic (exact) mass is 592 g/mol. The van der Waals surface area contributed by atoms with E-state index < -0.39 is 22.9 Å². The van der Waals surface area contributed by atoms with Crippen LogP contribution in [0, 0.1) is 0 Å². The second kappa shape index (κ2) is 13.2. The van der Waals surface area contributed by atoms with Crippen LogP contribution in [0.25, 0.3) is 10.9 Å². The van der Waals surface area contributed by atoms with E-state index in [2.05, 4.69) is 10.6 Å². The van der Waals surface area contributed by atoms with E-state index in [0.29, 0.717) is 49.5 Å². The number of nitrogens with one attached hydrogen (secondary N) is 2. The van der Waals surface area contributed by atoms with Gasteiger partial charge < -0.3 is 25.0 Å². The Morgan fingerprint density at radius 1 is 1.05 bits per heavy atom. The number of carbonyl (C=O) groups excluding carboxylic acids is 1. The highest BCUT2D eigenvalue weighted by Gasteiger charge is 2.32. The second-order valence-corrected chi connectivity index (χ2v) is 12.8. The number of carbonyl (C=O) groups is 1. The van der Waals surface area contributed by atoms with Crippen LogP contribution in [0.15, 0.2) is 79.0 Å². The van der Waals surface area contributed by atoms with Gasteiger partial charge in [0.15, 0.2) is 0 Å². The molecule has 1 aliphatic heterocycles. The van der Waals surface area contributed by atoms with Gasteiger partial charge in [-0.05, 0) is 61.2 Å². The van der Waals surface area contributed by atoms with E-state index >= 15 is 0 Å². The van der Waals surface area contributed by atoms with Crippen LogP contribution in [0.4, 0.5) is 5.69 Å². The predicted octanol–water partition coefficient (Wildman–Crippen LogP) is 5.04. The zero-order valence-electron chi connectivity index (χ0n) is 24.1. The molecule has 1 aromatic heterocycles. The first-order valence-electron chi connectivity index (χ1n) is 14.3. The summed E-state index contributed by atoms with van der Waals surface area (Å²) in [4.78, 5) is 13.8. The van der Waals surface area contributed by atoms with Crippen molar-refractivity contribution in [2.24, 2.45) is 0 Å². The quantitative estimate of drug-likeness (QED) is 0.156. The highest BCUT2D eigenvalue weighted by Crippen LogP contribution is 2.52. The molecule has 0 spiro atoms. The number of amides is 1. The van der Waals surface area contributed by atoms with Crippen molar-refractivity contribution < 1.29 is 23.7 Å². The Bertz CT molecular complexity index is 1510. The average Bonchev–Trinajstić information content (AvgIpc) is 3.58. The molecule has 0 radical (unpaired) electrons. The molecule has 0 unspecified atom stereocenters. The first kappa shape index (κ1) is 29.9. The van der Waals surface area contributed by atoms with E-state index in [0.717, 1.165) is 27.8 Å². The average molecular weight is 593 g/mol. The summed E-state index contributed by atoms with van der Waals surface area (Å²) >= 11 is 0. The van der Waals surface area contributed by atoms with E-state index in [1.54, 1.807) is 17.5 Å². The number of benzene rings is 3. The lowest BCUT2D eigenvalue weighted by Crippen LogP contribution is -2.48. The number of methoxy groups -OCH3 is 1. The summed E-state index contributed by atoms with van der Waals surface area (Å²) in [7, 11) is -1.32. The number of aryl methyl sites for hydroxylation is 1. The fraction of sp³-hybridized carbons (Fsp3) is 0.344. The molecular formula is C32H40N4O5S. The van der Waals surface area contributed by atoms with Crippen molar-refractivity contribution in [2.75, 3.05) is 30.3 Å². The van der Waals surface area contributed by atoms with Crippen molar-refractivity contribution in [1.82, 2.24) is 15.2 Å². The maximum atomic E-state index is 13.8. The smallest absolute Gasteiger partial charge is 0.251 e. The van der Waals surface area contributed by atoms with E-state index in [1.165, 1.54) is 0 Å². The lowest BCUT2D eigenvalue weighted by Gasteiger charge is -2.38. The number of anilines is 1. The van der Waals surface area contributed by atoms with E-state index in [9.17, 15) is 19.0 Å². The summed E-state index contributed by atoms with van der Waals surface area (Å²) < 4.78 is 30.5. The van der Waals surface area contributed by atoms with Crippen LogP contribution in [0.1, 0.15) is 34.8 Å². The molecule has 0 bridgehead atoms. The Balaban J connectivity index is 1.38. The minimum absolute atomic E-state index is 0.270. The molecule has 0 saturated carbocycles. The van der Waals surface area contributed by atoms with Gasteiger partial charge in [-0.3, -0.25) is 18.2 Å². The molecule has 2 heterocycles. The highest BCUT2D eigenvalue weighted by molar-refractivity contribution is 8.25. The van der Waals surface area contributed by atoms with Gasteiger partial charge in [-0.15, -0.1) is 10.8 Å². The Morgan fingerprint density at radius 2 is 1.83 bits per heavy atom. The number of nitrogens with zero attached hydrogens (tertiary/aromatic N) is 2. The first-order valence-corrected chi connectivity index (χ1v) is 16.0. The van der Waals surface area contributed by atoms with Gasteiger partial charge in [0.25, 0.3) is 5.91 Å². The largest absolute Gasteiger partial charge is 0.497 e. The molecule has 2 atom stereocenters. The maximum Gasteiger partial charge on any atom is 0.251 e. The fourth-order valence-corrected chi connectivity index (χ4v) is 7.14. The van der Waals surface area contributed by atoms with Gasteiger partial charge in [-0.1, -0.05) is 42.5 Å². The number of ether oxygens (including phenoxy) is 1. The van der Waals surface area contributed by atoms with E-state index in [4.69, 9.17) is 4.74 Å². The zero-order chi connectivity index (χ0) is 29.7. The SMILES string of the molecule is CCn1ccc2c(N3CCCS3(O)O)cc(C(=O)N[C@@H](Cc3ccccc3)[C@H](O)CNCc3cccc(OC)c3)cc21. The molecule has 5 N–H and O–H groups in total. The van der Waals surface area contributed by atoms with Crippen molar-refractivity contribution in [1.29, 1.82) is 0 Å². The third-order valence-electron chi connectivity index (χ3n) is 7.77. The van der Waals surface area contributed by atoms with Gasteiger partial charge in [0.1, 0.15) is 5.75 Å². The summed E-state index contributed by atoms with van der Waals surface area (Å²) in [5.41, 5.74) is 3.92. The van der Waals surface area contributed by atoms with Crippen LogP contribution in [0.3, 0.4) is 0 Å². The van der Waals surface area contributed by atoms with E-state index in [-0.39, 0.29) is 12.5 Å². The number of hydrogen-bond donors (Lipinski definition) is 5. The Kier molecular flexibility index (Phi) is 9.40. The molecule has 10 heteroatoms. The zero-order valence-corrected chi connectivity index (χ0v) is 24.9. The van der Waals surface area contributed by atoms with E-state index in [1.807, 2.05) is 84.4 Å². The Morgan fingerprint density at radius 3 is 2.55 bits per heavy atom. The summed E-state index contributed by atoms with van der Waals surface area (Å²) in [5, 5.41) is 18.5. The van der Waals surface area contributed by atoms with Crippen LogP contribution in [0.2, 0.25) is 0 Å². The number of fused-ring (bicyclic) bond motifs is 1. The Labute approximate surface area is 248 Å². The predicted molar refractivity (Wildman–Crippen MR) is 169 cm³/mol. The van der Waals surface area contributed by atoms with Gasteiger partial charge in [0.2, 0.25) is 0 Å². The Hall–Kier alpha value is -3.54. The molecular weight excluding hydrogens is 552 g/mol. The standard InChI is InChI=1S/C32H40N4O5S/c1-3-35-15-13-27-29(35)19-25(20-30(27)36-14-8-16-42(36,39)40)32(38)34-28(18-23-9-5-4-6-10-23)31(37)22-33-21-24-11-7-12-26(17-24)41-2/h4-7,9-13,15,17,19-20,28,31,33,37,39-40H,3,8,14,16,18,21-22H2,1-2H3,(H,34,38)/t28-,31+/m0/s1. The summed E-state index contributed by atoms with van der Waals surface area (Å²) in [6.45, 7) is 4.05. The molecule has 1 saturated heterocycles. The molecule has 224 valence electrons. The molecule has 5 rings (SSSR count). The number of hydrogen-bond acceptors (Lipinski definition) is 7. The third kappa shape index (κ3) is 6.74. The summed E-state index contributed by atoms with van der Waals surface area (Å²) in [6, 6.07) is 22.5. The molecule has 1 amide bonds. The molecule has 9 nitrogen and oxygen atoms in total. The maximum absolute atomic E-state index is 13.8. The van der Waals surface area contributed by atoms with Crippen molar-refractivity contribution in [3.8, 4) is 5.75 Å². The molecule has 42 heavy (non-hydrogen) atoms. The molecule has 1 aliphatic rings. The number of aromatic nitrogens is 1. The van der Waals surface area contributed by atoms with Gasteiger partial charge in [-0.2, -0.15) is 0 Å². The number of aliphatic hydroxyl groups excluding tert-OH is 1. The normalized spacial score (nSPS) is 16.7. The molecule has 1 fully saturated rings. The molecule has 0 aliphatic carbocycles. The van der Waals surface area contributed by atoms with Crippen LogP contribution >= 0.6 is 10.8 Å². The van der Waals surface area contributed by atoms with Crippen LogP contribution in [-0.4, -0.2) is 62.8 Å². The van der Waals surface area contributed by atoms with Crippen LogP contribution in [0.5, 0.6) is 5.75 Å². The minimum atomic E-state index is -2.95. The van der Waals surface area contributed by atoms with Gasteiger partial charge in [-0.25, -0.2) is 0 Å². The van der Waals surface area contributed by atoms with Crippen molar-refractivity contribution in [3.05, 3.63) is 95.7 Å². The third-order valence-corrected chi connectivity index (χ3v) is 9.69. The fourth-order valence-electron chi connectivity index (χ4n) is 5.52. The lowest BCUT2D eigenvalue weighted by molar-refractivity contribution is 0.0830. The highest BCUT2D eigenvalue weighted by atomic mass is 32.3. The summed E-state index contributed by atoms with van der Waals surface area (Å²) in [6.07, 6.45) is 2.20.